The molecule has 5 heteroatoms. The van der Waals surface area contributed by atoms with Crippen molar-refractivity contribution in [1.29, 1.82) is 0 Å². The van der Waals surface area contributed by atoms with E-state index in [1.54, 1.807) is 31.2 Å². The smallest absolute Gasteiger partial charge is 0.335 e. The van der Waals surface area contributed by atoms with Crippen molar-refractivity contribution < 1.29 is 19.4 Å². The Morgan fingerprint density at radius 2 is 1.76 bits per heavy atom. The lowest BCUT2D eigenvalue weighted by atomic mass is 10.1. The van der Waals surface area contributed by atoms with Gasteiger partial charge in [0, 0.05) is 11.3 Å². The highest BCUT2D eigenvalue weighted by atomic mass is 16.5. The molecule has 0 aliphatic rings. The third-order valence-corrected chi connectivity index (χ3v) is 3.38. The van der Waals surface area contributed by atoms with Crippen molar-refractivity contribution in [3.63, 3.8) is 0 Å². The second-order valence-electron chi connectivity index (χ2n) is 5.33. The van der Waals surface area contributed by atoms with Gasteiger partial charge in [-0.2, -0.15) is 0 Å². The van der Waals surface area contributed by atoms with E-state index in [1.807, 2.05) is 24.3 Å². The number of benzene rings is 2. The maximum Gasteiger partial charge on any atom is 0.335 e. The molecule has 2 aromatic rings. The number of carbonyl (C=O) groups is 2. The number of hydrogen-bond donors (Lipinski definition) is 2. The highest BCUT2D eigenvalue weighted by Crippen LogP contribution is 2.16. The number of hydrogen-bond acceptors (Lipinski definition) is 3. The largest absolute Gasteiger partial charge is 0.490 e. The molecule has 2 aromatic carbocycles. The van der Waals surface area contributed by atoms with E-state index >= 15 is 0 Å². The summed E-state index contributed by atoms with van der Waals surface area (Å²) >= 11 is 0. The van der Waals surface area contributed by atoms with E-state index in [-0.39, 0.29) is 11.5 Å². The number of carboxylic acid groups (broad SMARTS) is 1. The van der Waals surface area contributed by atoms with Crippen molar-refractivity contribution in [3.8, 4) is 5.75 Å². The fourth-order valence-corrected chi connectivity index (χ4v) is 2.06. The molecule has 0 aliphatic heterocycles. The third kappa shape index (κ3) is 5.35. The van der Waals surface area contributed by atoms with Crippen LogP contribution in [-0.4, -0.2) is 23.6 Å². The van der Waals surface area contributed by atoms with Gasteiger partial charge in [0.1, 0.15) is 12.4 Å². The highest BCUT2D eigenvalue weighted by molar-refractivity contribution is 6.06. The molecule has 128 valence electrons. The second kappa shape index (κ2) is 8.49. The number of nitrogens with one attached hydrogen (secondary N) is 1. The first-order valence-electron chi connectivity index (χ1n) is 7.66. The van der Waals surface area contributed by atoms with Gasteiger partial charge >= 0.3 is 5.97 Å². The van der Waals surface area contributed by atoms with Crippen LogP contribution in [0.3, 0.4) is 0 Å². The molecular formula is C20H19NO4. The van der Waals surface area contributed by atoms with Gasteiger partial charge in [0.05, 0.1) is 5.56 Å². The maximum absolute atomic E-state index is 12.2. The molecule has 25 heavy (non-hydrogen) atoms. The van der Waals surface area contributed by atoms with Gasteiger partial charge in [0.2, 0.25) is 0 Å². The monoisotopic (exact) mass is 337 g/mol. The van der Waals surface area contributed by atoms with Crippen LogP contribution in [0, 0.1) is 0 Å². The van der Waals surface area contributed by atoms with Crippen LogP contribution >= 0.6 is 0 Å². The van der Waals surface area contributed by atoms with E-state index in [1.165, 1.54) is 12.1 Å². The summed E-state index contributed by atoms with van der Waals surface area (Å²) in [6.07, 6.45) is 3.43. The van der Waals surface area contributed by atoms with Crippen LogP contribution in [0.15, 0.2) is 66.8 Å². The van der Waals surface area contributed by atoms with Crippen molar-refractivity contribution in [1.82, 2.24) is 0 Å². The molecule has 0 spiro atoms. The fourth-order valence-electron chi connectivity index (χ4n) is 2.06. The Hall–Kier alpha value is -3.34. The molecule has 0 aromatic heterocycles. The van der Waals surface area contributed by atoms with Crippen molar-refractivity contribution in [2.45, 2.75) is 6.92 Å². The average Bonchev–Trinajstić information content (AvgIpc) is 2.61. The Bertz CT molecular complexity index is 789. The molecule has 5 nitrogen and oxygen atoms in total. The summed E-state index contributed by atoms with van der Waals surface area (Å²) in [6.45, 7) is 5.74. The van der Waals surface area contributed by atoms with Crippen LogP contribution < -0.4 is 10.1 Å². The molecule has 0 heterocycles. The zero-order chi connectivity index (χ0) is 18.2. The second-order valence-corrected chi connectivity index (χ2v) is 5.33. The maximum atomic E-state index is 12.2. The lowest BCUT2D eigenvalue weighted by Gasteiger charge is -2.07. The molecule has 2 N–H and O–H groups in total. The lowest BCUT2D eigenvalue weighted by Crippen LogP contribution is -2.12. The topological polar surface area (TPSA) is 75.6 Å². The zero-order valence-corrected chi connectivity index (χ0v) is 13.9. The minimum atomic E-state index is -1.01. The number of anilines is 1. The van der Waals surface area contributed by atoms with Crippen LogP contribution in [0.1, 0.15) is 22.8 Å². The predicted octanol–water partition coefficient (Wildman–Crippen LogP) is 3.99. The molecule has 0 bridgehead atoms. The standard InChI is InChI=1S/C20H19NO4/c1-3-12-25-18-10-4-15(5-11-18)13-14(2)19(22)21-17-8-6-16(7-9-17)20(23)24/h3-11,13H,1,12H2,2H3,(H,21,22)(H,23,24). The molecule has 0 unspecified atom stereocenters. The lowest BCUT2D eigenvalue weighted by molar-refractivity contribution is -0.112. The summed E-state index contributed by atoms with van der Waals surface area (Å²) < 4.78 is 5.41. The quantitative estimate of drug-likeness (QED) is 0.592. The Morgan fingerprint density at radius 3 is 2.32 bits per heavy atom. The molecule has 0 saturated heterocycles. The first kappa shape index (κ1) is 18.0. The van der Waals surface area contributed by atoms with Gasteiger partial charge < -0.3 is 15.2 Å². The van der Waals surface area contributed by atoms with Gasteiger partial charge in [-0.1, -0.05) is 24.8 Å². The van der Waals surface area contributed by atoms with E-state index in [0.717, 1.165) is 11.3 Å². The minimum Gasteiger partial charge on any atom is -0.490 e. The molecule has 0 atom stereocenters. The zero-order valence-electron chi connectivity index (χ0n) is 13.9. The molecule has 0 fully saturated rings. The van der Waals surface area contributed by atoms with Crippen LogP contribution in [0.2, 0.25) is 0 Å². The number of amides is 1. The fraction of sp³-hybridized carbons (Fsp3) is 0.100. The number of rotatable bonds is 7. The molecule has 0 radical (unpaired) electrons. The molecule has 0 saturated carbocycles. The van der Waals surface area contributed by atoms with Gasteiger partial charge in [0.15, 0.2) is 0 Å². The number of carbonyl (C=O) groups excluding carboxylic acids is 1. The van der Waals surface area contributed by atoms with E-state index in [4.69, 9.17) is 9.84 Å². The minimum absolute atomic E-state index is 0.170. The van der Waals surface area contributed by atoms with Gasteiger partial charge in [-0.05, 0) is 55.0 Å². The Labute approximate surface area is 146 Å². The van der Waals surface area contributed by atoms with Crippen molar-refractivity contribution in [2.75, 3.05) is 11.9 Å². The third-order valence-electron chi connectivity index (χ3n) is 3.38. The number of aromatic carboxylic acids is 1. The van der Waals surface area contributed by atoms with Crippen molar-refractivity contribution >= 4 is 23.6 Å². The molecule has 0 aliphatic carbocycles. The summed E-state index contributed by atoms with van der Waals surface area (Å²) in [5.74, 6) is -0.526. The van der Waals surface area contributed by atoms with E-state index in [9.17, 15) is 9.59 Å². The first-order chi connectivity index (χ1) is 12.0. The Morgan fingerprint density at radius 1 is 1.12 bits per heavy atom. The van der Waals surface area contributed by atoms with Crippen LogP contribution in [0.5, 0.6) is 5.75 Å². The summed E-state index contributed by atoms with van der Waals surface area (Å²) in [5.41, 5.74) is 2.11. The Balaban J connectivity index is 2.01. The van der Waals surface area contributed by atoms with E-state index in [0.29, 0.717) is 17.9 Å². The number of carboxylic acids is 1. The molecular weight excluding hydrogens is 318 g/mol. The summed E-state index contributed by atoms with van der Waals surface area (Å²) in [6, 6.07) is 13.4. The van der Waals surface area contributed by atoms with Crippen molar-refractivity contribution in [2.24, 2.45) is 0 Å². The predicted molar refractivity (Wildman–Crippen MR) is 97.8 cm³/mol. The SMILES string of the molecule is C=CCOc1ccc(C=C(C)C(=O)Nc2ccc(C(=O)O)cc2)cc1. The Kier molecular flexibility index (Phi) is 6.12. The van der Waals surface area contributed by atoms with Crippen LogP contribution in [-0.2, 0) is 4.79 Å². The van der Waals surface area contributed by atoms with Gasteiger partial charge in [-0.3, -0.25) is 4.79 Å². The van der Waals surface area contributed by atoms with Gasteiger partial charge in [0.25, 0.3) is 5.91 Å². The van der Waals surface area contributed by atoms with Gasteiger partial charge in [-0.25, -0.2) is 4.79 Å². The average molecular weight is 337 g/mol. The van der Waals surface area contributed by atoms with Crippen LogP contribution in [0.4, 0.5) is 5.69 Å². The van der Waals surface area contributed by atoms with Crippen molar-refractivity contribution in [3.05, 3.63) is 77.9 Å². The molecule has 2 rings (SSSR count). The van der Waals surface area contributed by atoms with Crippen LogP contribution in [0.25, 0.3) is 6.08 Å². The summed E-state index contributed by atoms with van der Waals surface area (Å²) in [4.78, 5) is 23.0. The van der Waals surface area contributed by atoms with Gasteiger partial charge in [-0.15, -0.1) is 0 Å². The van der Waals surface area contributed by atoms with E-state index in [2.05, 4.69) is 11.9 Å². The number of ether oxygens (including phenoxy) is 1. The first-order valence-corrected chi connectivity index (χ1v) is 7.66. The summed E-state index contributed by atoms with van der Waals surface area (Å²) in [5, 5.41) is 11.6. The normalized spacial score (nSPS) is 10.8. The molecule has 1 amide bonds. The summed E-state index contributed by atoms with van der Waals surface area (Å²) in [7, 11) is 0. The van der Waals surface area contributed by atoms with E-state index < -0.39 is 5.97 Å². The highest BCUT2D eigenvalue weighted by Gasteiger charge is 2.07.